The van der Waals surface area contributed by atoms with Crippen molar-refractivity contribution in [2.45, 2.75) is 19.6 Å². The Morgan fingerprint density at radius 2 is 2.05 bits per heavy atom. The van der Waals surface area contributed by atoms with E-state index in [1.165, 1.54) is 16.2 Å². The van der Waals surface area contributed by atoms with Crippen LogP contribution in [0.1, 0.15) is 24.1 Å². The van der Waals surface area contributed by atoms with E-state index in [9.17, 15) is 4.39 Å². The Hall–Kier alpha value is -1.91. The summed E-state index contributed by atoms with van der Waals surface area (Å²) in [6.45, 7) is 2.19. The molecule has 0 amide bonds. The predicted molar refractivity (Wildman–Crippen MR) is 85.2 cm³/mol. The van der Waals surface area contributed by atoms with Gasteiger partial charge in [0.05, 0.1) is 0 Å². The minimum Gasteiger partial charge on any atom is -0.489 e. The van der Waals surface area contributed by atoms with E-state index in [0.717, 1.165) is 5.56 Å². The van der Waals surface area contributed by atoms with Crippen LogP contribution in [0.4, 0.5) is 4.39 Å². The highest BCUT2D eigenvalue weighted by molar-refractivity contribution is 7.17. The topological polar surface area (TPSA) is 35.2 Å². The van der Waals surface area contributed by atoms with E-state index < -0.39 is 0 Å². The van der Waals surface area contributed by atoms with Crippen molar-refractivity contribution in [3.63, 3.8) is 0 Å². The molecule has 0 fully saturated rings. The molecule has 0 spiro atoms. The maximum absolute atomic E-state index is 13.9. The van der Waals surface area contributed by atoms with E-state index in [2.05, 4.69) is 17.5 Å². The van der Waals surface area contributed by atoms with Gasteiger partial charge in [-0.05, 0) is 29.8 Å². The van der Waals surface area contributed by atoms with Crippen LogP contribution in [0.5, 0.6) is 5.75 Å². The van der Waals surface area contributed by atoms with E-state index in [-0.39, 0.29) is 11.9 Å². The van der Waals surface area contributed by atoms with Gasteiger partial charge in [0, 0.05) is 27.9 Å². The van der Waals surface area contributed by atoms with Crippen LogP contribution in [-0.4, -0.2) is 0 Å². The van der Waals surface area contributed by atoms with Crippen LogP contribution in [0, 0.1) is 5.82 Å². The maximum Gasteiger partial charge on any atom is 0.131 e. The van der Waals surface area contributed by atoms with Gasteiger partial charge in [0.1, 0.15) is 18.2 Å². The zero-order valence-electron chi connectivity index (χ0n) is 11.7. The monoisotopic (exact) mass is 301 g/mol. The summed E-state index contributed by atoms with van der Waals surface area (Å²) in [5.74, 6) is 0.199. The molecular formula is C17H16FNOS. The van der Waals surface area contributed by atoms with Crippen molar-refractivity contribution in [2.75, 3.05) is 0 Å². The molecule has 2 aromatic carbocycles. The lowest BCUT2D eigenvalue weighted by molar-refractivity contribution is 0.306. The smallest absolute Gasteiger partial charge is 0.131 e. The average Bonchev–Trinajstić information content (AvgIpc) is 2.88. The molecule has 0 radical (unpaired) electrons. The van der Waals surface area contributed by atoms with Gasteiger partial charge in [0.15, 0.2) is 0 Å². The van der Waals surface area contributed by atoms with Gasteiger partial charge in [-0.25, -0.2) is 4.39 Å². The van der Waals surface area contributed by atoms with Gasteiger partial charge < -0.3 is 10.5 Å². The first-order valence-electron chi connectivity index (χ1n) is 6.78. The summed E-state index contributed by atoms with van der Waals surface area (Å²) in [7, 11) is 0. The first-order chi connectivity index (χ1) is 10.1. The number of halogens is 1. The number of hydrogen-bond acceptors (Lipinski definition) is 3. The summed E-state index contributed by atoms with van der Waals surface area (Å²) in [5, 5.41) is 3.27. The fourth-order valence-corrected chi connectivity index (χ4v) is 3.22. The fourth-order valence-electron chi connectivity index (χ4n) is 2.27. The van der Waals surface area contributed by atoms with Crippen LogP contribution in [-0.2, 0) is 6.61 Å². The third-order valence-corrected chi connectivity index (χ3v) is 4.43. The minimum atomic E-state index is -0.322. The Morgan fingerprint density at radius 1 is 1.24 bits per heavy atom. The lowest BCUT2D eigenvalue weighted by Crippen LogP contribution is -2.07. The van der Waals surface area contributed by atoms with Crippen molar-refractivity contribution in [3.8, 4) is 5.75 Å². The minimum absolute atomic E-state index is 0.320. The summed E-state index contributed by atoms with van der Waals surface area (Å²) in [4.78, 5) is 0. The second-order valence-corrected chi connectivity index (χ2v) is 5.93. The third kappa shape index (κ3) is 2.91. The molecule has 1 atom stereocenters. The molecule has 108 valence electrons. The Kier molecular flexibility index (Phi) is 3.90. The van der Waals surface area contributed by atoms with Gasteiger partial charge in [-0.1, -0.05) is 24.3 Å². The molecule has 0 saturated heterocycles. The van der Waals surface area contributed by atoms with Crippen LogP contribution >= 0.6 is 11.3 Å². The highest BCUT2D eigenvalue weighted by atomic mass is 32.1. The molecule has 1 heterocycles. The lowest BCUT2D eigenvalue weighted by Gasteiger charge is -2.10. The van der Waals surface area contributed by atoms with E-state index in [1.807, 2.05) is 12.1 Å². The SMILES string of the molecule is C[C@@H](N)c1ccc(OCc2csc3ccccc23)cc1F. The number of thiophene rings is 1. The number of rotatable bonds is 4. The Bertz CT molecular complexity index is 766. The molecule has 1 aromatic heterocycles. The van der Waals surface area contributed by atoms with Gasteiger partial charge in [-0.3, -0.25) is 0 Å². The Morgan fingerprint density at radius 3 is 2.81 bits per heavy atom. The van der Waals surface area contributed by atoms with Crippen molar-refractivity contribution >= 4 is 21.4 Å². The summed E-state index contributed by atoms with van der Waals surface area (Å²) in [5.41, 5.74) is 7.32. The van der Waals surface area contributed by atoms with Crippen molar-refractivity contribution in [1.82, 2.24) is 0 Å². The van der Waals surface area contributed by atoms with Crippen LogP contribution in [0.15, 0.2) is 47.8 Å². The molecule has 0 aliphatic carbocycles. The molecule has 0 unspecified atom stereocenters. The largest absolute Gasteiger partial charge is 0.489 e. The quantitative estimate of drug-likeness (QED) is 0.762. The zero-order valence-corrected chi connectivity index (χ0v) is 12.5. The molecule has 0 aliphatic heterocycles. The Balaban J connectivity index is 1.77. The van der Waals surface area contributed by atoms with Gasteiger partial charge in [-0.2, -0.15) is 0 Å². The van der Waals surface area contributed by atoms with E-state index >= 15 is 0 Å². The molecule has 0 bridgehead atoms. The second kappa shape index (κ2) is 5.84. The molecule has 4 heteroatoms. The van der Waals surface area contributed by atoms with Crippen molar-refractivity contribution in [2.24, 2.45) is 5.73 Å². The summed E-state index contributed by atoms with van der Waals surface area (Å²) in [6.07, 6.45) is 0. The Labute approximate surface area is 127 Å². The number of hydrogen-bond donors (Lipinski definition) is 1. The van der Waals surface area contributed by atoms with Crippen molar-refractivity contribution < 1.29 is 9.13 Å². The van der Waals surface area contributed by atoms with Gasteiger partial charge in [0.25, 0.3) is 0 Å². The zero-order chi connectivity index (χ0) is 14.8. The molecule has 0 saturated carbocycles. The number of nitrogens with two attached hydrogens (primary N) is 1. The van der Waals surface area contributed by atoms with Crippen molar-refractivity contribution in [3.05, 3.63) is 64.8 Å². The van der Waals surface area contributed by atoms with Crippen molar-refractivity contribution in [1.29, 1.82) is 0 Å². The maximum atomic E-state index is 13.9. The molecule has 2 N–H and O–H groups in total. The number of ether oxygens (including phenoxy) is 1. The number of fused-ring (bicyclic) bond motifs is 1. The van der Waals surface area contributed by atoms with Crippen LogP contribution in [0.3, 0.4) is 0 Å². The fraction of sp³-hybridized carbons (Fsp3) is 0.176. The van der Waals surface area contributed by atoms with Gasteiger partial charge >= 0.3 is 0 Å². The third-order valence-electron chi connectivity index (χ3n) is 3.42. The van der Waals surface area contributed by atoms with E-state index in [4.69, 9.17) is 10.5 Å². The normalized spacial score (nSPS) is 12.5. The summed E-state index contributed by atoms with van der Waals surface area (Å²) >= 11 is 1.69. The molecule has 21 heavy (non-hydrogen) atoms. The lowest BCUT2D eigenvalue weighted by atomic mass is 10.1. The molecule has 3 aromatic rings. The van der Waals surface area contributed by atoms with Crippen LogP contribution in [0.2, 0.25) is 0 Å². The van der Waals surface area contributed by atoms with Gasteiger partial charge in [0.2, 0.25) is 0 Å². The summed E-state index contributed by atoms with van der Waals surface area (Å²) < 4.78 is 20.8. The standard InChI is InChI=1S/C17H16FNOS/c1-11(19)14-7-6-13(8-16(14)18)20-9-12-10-21-17-5-3-2-4-15(12)17/h2-8,10-11H,9,19H2,1H3/t11-/m1/s1. The molecular weight excluding hydrogens is 285 g/mol. The first kappa shape index (κ1) is 14.0. The predicted octanol–water partition coefficient (Wildman–Crippen LogP) is 4.64. The van der Waals surface area contributed by atoms with Gasteiger partial charge in [-0.15, -0.1) is 11.3 Å². The second-order valence-electron chi connectivity index (χ2n) is 5.02. The summed E-state index contributed by atoms with van der Waals surface area (Å²) in [6, 6.07) is 12.7. The molecule has 0 aliphatic rings. The average molecular weight is 301 g/mol. The first-order valence-corrected chi connectivity index (χ1v) is 7.66. The highest BCUT2D eigenvalue weighted by Gasteiger charge is 2.09. The van der Waals surface area contributed by atoms with Crippen LogP contribution < -0.4 is 10.5 Å². The number of benzene rings is 2. The van der Waals surface area contributed by atoms with E-state index in [0.29, 0.717) is 17.9 Å². The highest BCUT2D eigenvalue weighted by Crippen LogP contribution is 2.27. The van der Waals surface area contributed by atoms with Crippen LogP contribution in [0.25, 0.3) is 10.1 Å². The molecule has 3 rings (SSSR count). The van der Waals surface area contributed by atoms with E-state index in [1.54, 1.807) is 30.4 Å². The molecule has 2 nitrogen and oxygen atoms in total.